The van der Waals surface area contributed by atoms with E-state index in [0.29, 0.717) is 0 Å². The molecular weight excluding hydrogens is 434 g/mol. The van der Waals surface area contributed by atoms with Crippen LogP contribution in [0, 0.1) is 6.92 Å². The van der Waals surface area contributed by atoms with Gasteiger partial charge in [0.2, 0.25) is 0 Å². The van der Waals surface area contributed by atoms with E-state index in [2.05, 4.69) is 121 Å². The third-order valence-corrected chi connectivity index (χ3v) is 7.81. The fourth-order valence-electron chi connectivity index (χ4n) is 6.05. The average Bonchev–Trinajstić information content (AvgIpc) is 2.94. The molecule has 7 rings (SSSR count). The molecule has 0 radical (unpaired) electrons. The molecule has 5 aromatic rings. The van der Waals surface area contributed by atoms with Crippen molar-refractivity contribution in [2.75, 3.05) is 4.90 Å². The van der Waals surface area contributed by atoms with Gasteiger partial charge in [0, 0.05) is 11.1 Å². The summed E-state index contributed by atoms with van der Waals surface area (Å²) in [6.07, 6.45) is 13.6. The summed E-state index contributed by atoms with van der Waals surface area (Å²) in [5.41, 5.74) is 10.7. The second-order valence-electron chi connectivity index (χ2n) is 10.1. The van der Waals surface area contributed by atoms with Crippen molar-refractivity contribution in [2.45, 2.75) is 32.6 Å². The molecule has 0 aromatic heterocycles. The number of rotatable bonds is 3. The van der Waals surface area contributed by atoms with Gasteiger partial charge in [-0.3, -0.25) is 0 Å². The summed E-state index contributed by atoms with van der Waals surface area (Å²) in [4.78, 5) is 2.53. The van der Waals surface area contributed by atoms with E-state index in [1.807, 2.05) is 0 Å². The van der Waals surface area contributed by atoms with Crippen LogP contribution in [0.4, 0.5) is 17.1 Å². The zero-order valence-electron chi connectivity index (χ0n) is 20.7. The van der Waals surface area contributed by atoms with Gasteiger partial charge in [-0.2, -0.15) is 0 Å². The molecule has 174 valence electrons. The molecule has 0 fully saturated rings. The van der Waals surface area contributed by atoms with Crippen LogP contribution in [0.3, 0.4) is 0 Å². The fourth-order valence-corrected chi connectivity index (χ4v) is 6.05. The topological polar surface area (TPSA) is 3.24 Å². The summed E-state index contributed by atoms with van der Waals surface area (Å²) >= 11 is 0. The van der Waals surface area contributed by atoms with Crippen LogP contribution in [-0.2, 0) is 12.8 Å². The molecule has 2 aliphatic carbocycles. The van der Waals surface area contributed by atoms with Gasteiger partial charge in [0.05, 0.1) is 11.4 Å². The maximum atomic E-state index is 2.53. The highest BCUT2D eigenvalue weighted by atomic mass is 15.1. The first-order valence-electron chi connectivity index (χ1n) is 13.1. The molecule has 0 aliphatic heterocycles. The number of hydrogen-bond donors (Lipinski definition) is 0. The maximum Gasteiger partial charge on any atom is 0.0543 e. The lowest BCUT2D eigenvalue weighted by Crippen LogP contribution is -2.15. The van der Waals surface area contributed by atoms with Crippen LogP contribution in [0.15, 0.2) is 97.1 Å². The Morgan fingerprint density at radius 1 is 0.611 bits per heavy atom. The van der Waals surface area contributed by atoms with Crippen molar-refractivity contribution < 1.29 is 0 Å². The minimum absolute atomic E-state index is 1.06. The second kappa shape index (κ2) is 8.53. The summed E-state index contributed by atoms with van der Waals surface area (Å²) in [6.45, 7) is 2.16. The van der Waals surface area contributed by atoms with Gasteiger partial charge < -0.3 is 4.90 Å². The highest BCUT2D eigenvalue weighted by Crippen LogP contribution is 2.46. The Morgan fingerprint density at radius 3 is 2.14 bits per heavy atom. The van der Waals surface area contributed by atoms with Crippen molar-refractivity contribution in [1.82, 2.24) is 0 Å². The number of benzene rings is 5. The molecule has 36 heavy (non-hydrogen) atoms. The SMILES string of the molecule is Cc1ccc(N(c2cc3ccccc3c3c2CCC=C3)c2cc3c(c4ccccc24)C=CCC3)cc1. The van der Waals surface area contributed by atoms with Gasteiger partial charge in [0.25, 0.3) is 0 Å². The van der Waals surface area contributed by atoms with E-state index in [0.717, 1.165) is 25.7 Å². The normalized spacial score (nSPS) is 14.1. The number of aryl methyl sites for hydroxylation is 2. The predicted molar refractivity (Wildman–Crippen MR) is 156 cm³/mol. The number of nitrogens with zero attached hydrogens (tertiary/aromatic N) is 1. The Bertz CT molecular complexity index is 1680. The molecule has 0 spiro atoms. The minimum Gasteiger partial charge on any atom is -0.310 e. The summed E-state index contributed by atoms with van der Waals surface area (Å²) in [5, 5.41) is 5.28. The number of allylic oxidation sites excluding steroid dienone is 2. The Labute approximate surface area is 213 Å². The molecule has 2 aliphatic rings. The summed E-state index contributed by atoms with van der Waals surface area (Å²) < 4.78 is 0. The quantitative estimate of drug-likeness (QED) is 0.257. The standard InChI is InChI=1S/C35H29N/c1-24-18-20-27(21-19-24)36(34-22-25-10-2-4-12-28(25)30-14-6-8-16-32(30)34)35-23-26-11-3-5-13-29(26)31-15-7-9-17-33(31)35/h2,4-7,9-10,12-15,17-23H,3,8,11,16H2,1H3. The van der Waals surface area contributed by atoms with Gasteiger partial charge >= 0.3 is 0 Å². The molecular formula is C35H29N. The molecule has 0 amide bonds. The summed E-state index contributed by atoms with van der Waals surface area (Å²) in [7, 11) is 0. The van der Waals surface area contributed by atoms with Gasteiger partial charge in [-0.25, -0.2) is 0 Å². The van der Waals surface area contributed by atoms with E-state index in [4.69, 9.17) is 0 Å². The smallest absolute Gasteiger partial charge is 0.0543 e. The lowest BCUT2D eigenvalue weighted by atomic mass is 9.88. The predicted octanol–water partition coefficient (Wildman–Crippen LogP) is 9.69. The number of anilines is 3. The molecule has 0 atom stereocenters. The Morgan fingerprint density at radius 2 is 1.31 bits per heavy atom. The molecule has 0 saturated heterocycles. The average molecular weight is 464 g/mol. The monoisotopic (exact) mass is 463 g/mol. The van der Waals surface area contributed by atoms with Crippen LogP contribution in [0.25, 0.3) is 33.7 Å². The highest BCUT2D eigenvalue weighted by Gasteiger charge is 2.24. The largest absolute Gasteiger partial charge is 0.310 e. The van der Waals surface area contributed by atoms with E-state index in [1.54, 1.807) is 0 Å². The van der Waals surface area contributed by atoms with Crippen molar-refractivity contribution in [2.24, 2.45) is 0 Å². The molecule has 0 unspecified atom stereocenters. The van der Waals surface area contributed by atoms with E-state index >= 15 is 0 Å². The van der Waals surface area contributed by atoms with E-state index in [9.17, 15) is 0 Å². The van der Waals surface area contributed by atoms with Crippen molar-refractivity contribution in [3.63, 3.8) is 0 Å². The summed E-state index contributed by atoms with van der Waals surface area (Å²) in [5.74, 6) is 0. The van der Waals surface area contributed by atoms with E-state index in [-0.39, 0.29) is 0 Å². The zero-order chi connectivity index (χ0) is 24.1. The van der Waals surface area contributed by atoms with Crippen molar-refractivity contribution >= 4 is 50.8 Å². The van der Waals surface area contributed by atoms with Crippen LogP contribution in [-0.4, -0.2) is 0 Å². The second-order valence-corrected chi connectivity index (χ2v) is 10.1. The molecule has 0 N–H and O–H groups in total. The Balaban J connectivity index is 1.59. The zero-order valence-corrected chi connectivity index (χ0v) is 20.7. The van der Waals surface area contributed by atoms with Crippen molar-refractivity contribution in [3.05, 3.63) is 125 Å². The van der Waals surface area contributed by atoms with Crippen LogP contribution < -0.4 is 4.90 Å². The third-order valence-electron chi connectivity index (χ3n) is 7.81. The van der Waals surface area contributed by atoms with Gasteiger partial charge in [0.1, 0.15) is 0 Å². The number of fused-ring (bicyclic) bond motifs is 6. The molecule has 5 aromatic carbocycles. The van der Waals surface area contributed by atoms with Crippen LogP contribution >= 0.6 is 0 Å². The van der Waals surface area contributed by atoms with Gasteiger partial charge in [-0.15, -0.1) is 0 Å². The first-order valence-corrected chi connectivity index (χ1v) is 13.1. The Hall–Kier alpha value is -4.10. The van der Waals surface area contributed by atoms with Gasteiger partial charge in [-0.1, -0.05) is 90.5 Å². The molecule has 1 nitrogen and oxygen atoms in total. The molecule has 0 bridgehead atoms. The van der Waals surface area contributed by atoms with Crippen molar-refractivity contribution in [3.8, 4) is 0 Å². The first-order chi connectivity index (χ1) is 17.8. The lowest BCUT2D eigenvalue weighted by Gasteiger charge is -2.32. The molecule has 0 heterocycles. The summed E-state index contributed by atoms with van der Waals surface area (Å²) in [6, 6.07) is 31.7. The van der Waals surface area contributed by atoms with Gasteiger partial charge in [0.15, 0.2) is 0 Å². The first kappa shape index (κ1) is 21.2. The number of hydrogen-bond acceptors (Lipinski definition) is 1. The Kier molecular flexibility index (Phi) is 5.03. The molecule has 1 heteroatoms. The minimum atomic E-state index is 1.06. The van der Waals surface area contributed by atoms with Crippen LogP contribution in [0.1, 0.15) is 40.7 Å². The fraction of sp³-hybridized carbons (Fsp3) is 0.143. The lowest BCUT2D eigenvalue weighted by molar-refractivity contribution is 0.979. The third kappa shape index (κ3) is 3.38. The van der Waals surface area contributed by atoms with Gasteiger partial charge in [-0.05, 0) is 95.3 Å². The highest BCUT2D eigenvalue weighted by molar-refractivity contribution is 6.06. The maximum absolute atomic E-state index is 2.53. The molecule has 0 saturated carbocycles. The van der Waals surface area contributed by atoms with E-state index in [1.165, 1.54) is 66.4 Å². The van der Waals surface area contributed by atoms with Crippen LogP contribution in [0.2, 0.25) is 0 Å². The van der Waals surface area contributed by atoms with E-state index < -0.39 is 0 Å². The van der Waals surface area contributed by atoms with Crippen molar-refractivity contribution in [1.29, 1.82) is 0 Å². The van der Waals surface area contributed by atoms with Crippen LogP contribution in [0.5, 0.6) is 0 Å².